The van der Waals surface area contributed by atoms with E-state index in [4.69, 9.17) is 0 Å². The van der Waals surface area contributed by atoms with Gasteiger partial charge in [0.2, 0.25) is 0 Å². The van der Waals surface area contributed by atoms with Gasteiger partial charge in [-0.25, -0.2) is 8.78 Å². The smallest absolute Gasteiger partial charge is 0.257 e. The molecule has 66 valence electrons. The minimum Gasteiger partial charge on any atom is -0.257 e. The van der Waals surface area contributed by atoms with Crippen LogP contribution in [0.5, 0.6) is 0 Å². The van der Waals surface area contributed by atoms with E-state index in [1.165, 1.54) is 6.07 Å². The summed E-state index contributed by atoms with van der Waals surface area (Å²) in [4.78, 5) is 3.99. The molecular weight excluding hydrogens is 228 g/mol. The Bertz CT molecular complexity index is 276. The predicted octanol–water partition coefficient (Wildman–Crippen LogP) is 3.22. The Morgan fingerprint density at radius 2 is 2.17 bits per heavy atom. The van der Waals surface area contributed by atoms with Gasteiger partial charge in [0, 0.05) is 16.6 Å². The fraction of sp³-hybridized carbons (Fsp3) is 0.375. The molecule has 1 aromatic rings. The molecule has 0 aromatic carbocycles. The molecule has 0 aliphatic rings. The zero-order chi connectivity index (χ0) is 9.14. The predicted molar refractivity (Wildman–Crippen MR) is 46.6 cm³/mol. The summed E-state index contributed by atoms with van der Waals surface area (Å²) < 4.78 is 24.6. The largest absolute Gasteiger partial charge is 0.265 e. The molecule has 0 amide bonds. The number of pyridine rings is 1. The second-order valence-corrected chi connectivity index (χ2v) is 2.98. The van der Waals surface area contributed by atoms with Crippen molar-refractivity contribution in [3.05, 3.63) is 29.1 Å². The van der Waals surface area contributed by atoms with E-state index >= 15 is 0 Å². The van der Waals surface area contributed by atoms with E-state index in [2.05, 4.69) is 20.9 Å². The van der Waals surface area contributed by atoms with Gasteiger partial charge in [-0.2, -0.15) is 0 Å². The third kappa shape index (κ3) is 2.00. The highest BCUT2D eigenvalue weighted by Crippen LogP contribution is 2.23. The van der Waals surface area contributed by atoms with E-state index in [1.807, 2.05) is 0 Å². The average molecular weight is 236 g/mol. The SMILES string of the molecule is Cc1ccc(C(F)F)c(CBr)n1. The maximum atomic E-state index is 12.3. The van der Waals surface area contributed by atoms with Gasteiger partial charge in [0.1, 0.15) is 0 Å². The molecule has 0 fully saturated rings. The number of halogens is 3. The monoisotopic (exact) mass is 235 g/mol. The van der Waals surface area contributed by atoms with Crippen LogP contribution in [-0.2, 0) is 5.33 Å². The lowest BCUT2D eigenvalue weighted by Crippen LogP contribution is -1.97. The Hall–Kier alpha value is -0.510. The Morgan fingerprint density at radius 3 is 2.67 bits per heavy atom. The Morgan fingerprint density at radius 1 is 1.50 bits per heavy atom. The van der Waals surface area contributed by atoms with E-state index in [0.717, 1.165) is 5.69 Å². The number of hydrogen-bond acceptors (Lipinski definition) is 1. The molecule has 1 rings (SSSR count). The molecule has 0 aliphatic heterocycles. The average Bonchev–Trinajstić information content (AvgIpc) is 2.03. The molecular formula is C8H8BrF2N. The zero-order valence-electron chi connectivity index (χ0n) is 6.52. The molecule has 4 heteroatoms. The Labute approximate surface area is 77.9 Å². The number of rotatable bonds is 2. The quantitative estimate of drug-likeness (QED) is 0.718. The number of aryl methyl sites for hydroxylation is 1. The summed E-state index contributed by atoms with van der Waals surface area (Å²) in [7, 11) is 0. The van der Waals surface area contributed by atoms with Crippen LogP contribution in [-0.4, -0.2) is 4.98 Å². The molecule has 0 atom stereocenters. The molecule has 0 N–H and O–H groups in total. The van der Waals surface area contributed by atoms with Crippen LogP contribution in [0.3, 0.4) is 0 Å². The first-order valence-corrected chi connectivity index (χ1v) is 4.58. The Balaban J connectivity index is 3.11. The van der Waals surface area contributed by atoms with Crippen LogP contribution >= 0.6 is 15.9 Å². The van der Waals surface area contributed by atoms with Crippen LogP contribution in [0.1, 0.15) is 23.4 Å². The van der Waals surface area contributed by atoms with E-state index in [0.29, 0.717) is 11.0 Å². The van der Waals surface area contributed by atoms with Crippen molar-refractivity contribution in [2.24, 2.45) is 0 Å². The molecule has 0 unspecified atom stereocenters. The summed E-state index contributed by atoms with van der Waals surface area (Å²) in [6.07, 6.45) is -2.44. The van der Waals surface area contributed by atoms with Crippen molar-refractivity contribution in [2.75, 3.05) is 0 Å². The lowest BCUT2D eigenvalue weighted by atomic mass is 10.2. The van der Waals surface area contributed by atoms with Crippen LogP contribution in [0, 0.1) is 6.92 Å². The maximum absolute atomic E-state index is 12.3. The molecule has 0 aliphatic carbocycles. The molecule has 0 spiro atoms. The third-order valence-corrected chi connectivity index (χ3v) is 2.04. The number of nitrogens with zero attached hydrogens (tertiary/aromatic N) is 1. The van der Waals surface area contributed by atoms with Gasteiger partial charge in [-0.3, -0.25) is 4.98 Å². The molecule has 1 aromatic heterocycles. The Kier molecular flexibility index (Phi) is 3.14. The molecule has 1 nitrogen and oxygen atoms in total. The highest BCUT2D eigenvalue weighted by Gasteiger charge is 2.12. The summed E-state index contributed by atoms with van der Waals surface area (Å²) in [5.74, 6) is 0. The van der Waals surface area contributed by atoms with Gasteiger partial charge in [0.25, 0.3) is 6.43 Å². The van der Waals surface area contributed by atoms with Crippen molar-refractivity contribution >= 4 is 15.9 Å². The van der Waals surface area contributed by atoms with E-state index in [9.17, 15) is 8.78 Å². The molecule has 0 saturated heterocycles. The molecule has 0 bridgehead atoms. The fourth-order valence-corrected chi connectivity index (χ4v) is 1.38. The minimum atomic E-state index is -2.44. The van der Waals surface area contributed by atoms with Crippen LogP contribution in [0.4, 0.5) is 8.78 Å². The first-order chi connectivity index (χ1) is 5.65. The number of alkyl halides is 3. The first-order valence-electron chi connectivity index (χ1n) is 3.45. The second-order valence-electron chi connectivity index (χ2n) is 2.42. The summed E-state index contributed by atoms with van der Waals surface area (Å²) in [5.41, 5.74) is 1.19. The second kappa shape index (κ2) is 3.94. The normalized spacial score (nSPS) is 10.8. The summed E-state index contributed by atoms with van der Waals surface area (Å²) >= 11 is 3.11. The van der Waals surface area contributed by atoms with Crippen molar-refractivity contribution in [3.8, 4) is 0 Å². The molecule has 0 radical (unpaired) electrons. The van der Waals surface area contributed by atoms with Gasteiger partial charge in [-0.05, 0) is 19.1 Å². The van der Waals surface area contributed by atoms with Crippen molar-refractivity contribution in [2.45, 2.75) is 18.7 Å². The van der Waals surface area contributed by atoms with Crippen LogP contribution in [0.25, 0.3) is 0 Å². The zero-order valence-corrected chi connectivity index (χ0v) is 8.11. The molecule has 1 heterocycles. The van der Waals surface area contributed by atoms with Crippen LogP contribution < -0.4 is 0 Å². The van der Waals surface area contributed by atoms with Crippen molar-refractivity contribution in [3.63, 3.8) is 0 Å². The number of hydrogen-bond donors (Lipinski definition) is 0. The highest BCUT2D eigenvalue weighted by atomic mass is 79.9. The molecule has 0 saturated carbocycles. The maximum Gasteiger partial charge on any atom is 0.265 e. The minimum absolute atomic E-state index is 0.0116. The van der Waals surface area contributed by atoms with Crippen molar-refractivity contribution < 1.29 is 8.78 Å². The van der Waals surface area contributed by atoms with Crippen LogP contribution in [0.2, 0.25) is 0 Å². The van der Waals surface area contributed by atoms with E-state index in [-0.39, 0.29) is 5.56 Å². The lowest BCUT2D eigenvalue weighted by Gasteiger charge is -2.05. The van der Waals surface area contributed by atoms with Gasteiger partial charge in [0.05, 0.1) is 5.69 Å². The third-order valence-electron chi connectivity index (χ3n) is 1.51. The summed E-state index contributed by atoms with van der Waals surface area (Å²) in [6, 6.07) is 3.01. The lowest BCUT2D eigenvalue weighted by molar-refractivity contribution is 0.150. The standard InChI is InChI=1S/C8H8BrF2N/c1-5-2-3-6(8(10)11)7(4-9)12-5/h2-3,8H,4H2,1H3. The first kappa shape index (κ1) is 9.58. The fourth-order valence-electron chi connectivity index (χ4n) is 0.927. The van der Waals surface area contributed by atoms with Crippen LogP contribution in [0.15, 0.2) is 12.1 Å². The van der Waals surface area contributed by atoms with Crippen molar-refractivity contribution in [1.29, 1.82) is 0 Å². The topological polar surface area (TPSA) is 12.9 Å². The highest BCUT2D eigenvalue weighted by molar-refractivity contribution is 9.08. The summed E-state index contributed by atoms with van der Waals surface area (Å²) in [5, 5.41) is 0.369. The van der Waals surface area contributed by atoms with E-state index < -0.39 is 6.43 Å². The van der Waals surface area contributed by atoms with Crippen molar-refractivity contribution in [1.82, 2.24) is 4.98 Å². The van der Waals surface area contributed by atoms with Gasteiger partial charge >= 0.3 is 0 Å². The molecule has 12 heavy (non-hydrogen) atoms. The van der Waals surface area contributed by atoms with Gasteiger partial charge in [-0.15, -0.1) is 0 Å². The van der Waals surface area contributed by atoms with E-state index in [1.54, 1.807) is 13.0 Å². The number of aromatic nitrogens is 1. The van der Waals surface area contributed by atoms with Gasteiger partial charge in [-0.1, -0.05) is 15.9 Å². The summed E-state index contributed by atoms with van der Waals surface area (Å²) in [6.45, 7) is 1.78. The van der Waals surface area contributed by atoms with Gasteiger partial charge in [0.15, 0.2) is 0 Å². The van der Waals surface area contributed by atoms with Gasteiger partial charge < -0.3 is 0 Å².